The summed E-state index contributed by atoms with van der Waals surface area (Å²) in [6.07, 6.45) is 2.03. The normalized spacial score (nSPS) is 19.6. The smallest absolute Gasteiger partial charge is 0.234 e. The molecule has 2 fully saturated rings. The van der Waals surface area contributed by atoms with Crippen molar-refractivity contribution in [3.63, 3.8) is 0 Å². The van der Waals surface area contributed by atoms with Gasteiger partial charge in [0.05, 0.1) is 36.4 Å². The van der Waals surface area contributed by atoms with Gasteiger partial charge < -0.3 is 9.64 Å². The van der Waals surface area contributed by atoms with E-state index in [0.29, 0.717) is 13.2 Å². The van der Waals surface area contributed by atoms with E-state index in [1.807, 2.05) is 48.7 Å². The maximum Gasteiger partial charge on any atom is 0.234 e. The van der Waals surface area contributed by atoms with E-state index in [4.69, 9.17) is 9.72 Å². The van der Waals surface area contributed by atoms with Crippen LogP contribution < -0.4 is 10.2 Å². The maximum absolute atomic E-state index is 11.9. The summed E-state index contributed by atoms with van der Waals surface area (Å²) in [5.41, 5.74) is 4.61. The van der Waals surface area contributed by atoms with Crippen molar-refractivity contribution in [2.24, 2.45) is 0 Å². The number of ether oxygens (including phenoxy) is 1. The van der Waals surface area contributed by atoms with Gasteiger partial charge in [-0.05, 0) is 28.8 Å². The van der Waals surface area contributed by atoms with Crippen LogP contribution in [0.4, 0.5) is 5.82 Å². The maximum atomic E-state index is 11.9. The number of carbonyl (C=O) groups is 2. The van der Waals surface area contributed by atoms with Crippen LogP contribution in [0.1, 0.15) is 17.9 Å². The molecule has 7 nitrogen and oxygen atoms in total. The third-order valence-corrected chi connectivity index (χ3v) is 5.48. The minimum Gasteiger partial charge on any atom is -0.378 e. The predicted octanol–water partition coefficient (Wildman–Crippen LogP) is 2.26. The molecule has 2 amide bonds. The molecular weight excluding hydrogens is 368 g/mol. The number of amides is 2. The van der Waals surface area contributed by atoms with Gasteiger partial charge in [0.15, 0.2) is 0 Å². The molecule has 2 aliphatic rings. The Labute approximate surface area is 167 Å². The number of aromatic nitrogens is 2. The van der Waals surface area contributed by atoms with Gasteiger partial charge in [-0.3, -0.25) is 19.9 Å². The summed E-state index contributed by atoms with van der Waals surface area (Å²) in [4.78, 5) is 34.9. The first-order chi connectivity index (χ1) is 14.2. The summed E-state index contributed by atoms with van der Waals surface area (Å²) in [5, 5.41) is 2.36. The van der Waals surface area contributed by atoms with Crippen LogP contribution in [0, 0.1) is 0 Å². The molecule has 7 heteroatoms. The number of benzene rings is 2. The molecule has 2 aliphatic heterocycles. The Morgan fingerprint density at radius 2 is 1.72 bits per heavy atom. The highest BCUT2D eigenvalue weighted by molar-refractivity contribution is 6.06. The summed E-state index contributed by atoms with van der Waals surface area (Å²) >= 11 is 0. The molecule has 0 aliphatic carbocycles. The summed E-state index contributed by atoms with van der Waals surface area (Å²) in [5.74, 6) is 0.0351. The van der Waals surface area contributed by atoms with E-state index in [9.17, 15) is 9.59 Å². The van der Waals surface area contributed by atoms with Gasteiger partial charge in [-0.25, -0.2) is 4.98 Å². The quantitative estimate of drug-likeness (QED) is 0.693. The number of anilines is 1. The molecule has 2 saturated heterocycles. The Morgan fingerprint density at radius 3 is 2.45 bits per heavy atom. The molecule has 1 aromatic heterocycles. The van der Waals surface area contributed by atoms with Gasteiger partial charge in [-0.2, -0.15) is 0 Å². The average Bonchev–Trinajstić information content (AvgIpc) is 3.11. The molecule has 0 spiro atoms. The van der Waals surface area contributed by atoms with Crippen molar-refractivity contribution in [1.82, 2.24) is 15.3 Å². The van der Waals surface area contributed by atoms with Crippen molar-refractivity contribution in [3.05, 3.63) is 54.2 Å². The van der Waals surface area contributed by atoms with Crippen molar-refractivity contribution in [3.8, 4) is 11.1 Å². The number of nitrogens with one attached hydrogen (secondary N) is 1. The van der Waals surface area contributed by atoms with Gasteiger partial charge in [0.25, 0.3) is 0 Å². The van der Waals surface area contributed by atoms with Crippen molar-refractivity contribution >= 4 is 28.7 Å². The van der Waals surface area contributed by atoms with Crippen LogP contribution in [0.2, 0.25) is 0 Å². The fourth-order valence-corrected chi connectivity index (χ4v) is 3.86. The van der Waals surface area contributed by atoms with Gasteiger partial charge in [0.1, 0.15) is 5.82 Å². The molecule has 0 bridgehead atoms. The summed E-state index contributed by atoms with van der Waals surface area (Å²) in [7, 11) is 0. The van der Waals surface area contributed by atoms with E-state index in [1.54, 1.807) is 0 Å². The largest absolute Gasteiger partial charge is 0.378 e. The summed E-state index contributed by atoms with van der Waals surface area (Å²) in [6, 6.07) is 13.8. The number of hydrogen-bond acceptors (Lipinski definition) is 6. The Kier molecular flexibility index (Phi) is 4.44. The van der Waals surface area contributed by atoms with Gasteiger partial charge in [0.2, 0.25) is 11.8 Å². The second-order valence-electron chi connectivity index (χ2n) is 7.32. The highest BCUT2D eigenvalue weighted by atomic mass is 16.5. The first-order valence-electron chi connectivity index (χ1n) is 9.71. The molecule has 0 saturated carbocycles. The highest BCUT2D eigenvalue weighted by Crippen LogP contribution is 2.28. The lowest BCUT2D eigenvalue weighted by Crippen LogP contribution is -2.36. The molecular formula is C22H20N4O3. The molecule has 29 heavy (non-hydrogen) atoms. The second-order valence-corrected chi connectivity index (χ2v) is 7.32. The van der Waals surface area contributed by atoms with Gasteiger partial charge in [-0.1, -0.05) is 30.3 Å². The molecule has 1 unspecified atom stereocenters. The molecule has 146 valence electrons. The minimum atomic E-state index is -0.393. The lowest BCUT2D eigenvalue weighted by atomic mass is 9.95. The van der Waals surface area contributed by atoms with Gasteiger partial charge in [-0.15, -0.1) is 0 Å². The number of imide groups is 1. The fourth-order valence-electron chi connectivity index (χ4n) is 3.86. The van der Waals surface area contributed by atoms with Crippen molar-refractivity contribution in [2.45, 2.75) is 12.3 Å². The lowest BCUT2D eigenvalue weighted by Gasteiger charge is -2.27. The summed E-state index contributed by atoms with van der Waals surface area (Å²) in [6.45, 7) is 3.05. The number of hydrogen-bond donors (Lipinski definition) is 1. The van der Waals surface area contributed by atoms with Crippen molar-refractivity contribution < 1.29 is 14.3 Å². The standard InChI is InChI=1S/C22H20N4O3/c27-21-12-17(22(28)25-21)15-3-1-14(2-4-15)16-5-6-18-19(11-16)24-20(13-23-18)26-7-9-29-10-8-26/h1-6,11,13,17H,7-10,12H2,(H,25,27,28). The average molecular weight is 388 g/mol. The van der Waals surface area contributed by atoms with Crippen LogP contribution in [0.5, 0.6) is 0 Å². The molecule has 3 aromatic rings. The Hall–Kier alpha value is -3.32. The van der Waals surface area contributed by atoms with Crippen LogP contribution >= 0.6 is 0 Å². The number of rotatable bonds is 3. The van der Waals surface area contributed by atoms with E-state index in [2.05, 4.69) is 15.2 Å². The number of nitrogens with zero attached hydrogens (tertiary/aromatic N) is 3. The monoisotopic (exact) mass is 388 g/mol. The highest BCUT2D eigenvalue weighted by Gasteiger charge is 2.31. The fraction of sp³-hybridized carbons (Fsp3) is 0.273. The molecule has 5 rings (SSSR count). The van der Waals surface area contributed by atoms with E-state index in [-0.39, 0.29) is 18.2 Å². The summed E-state index contributed by atoms with van der Waals surface area (Å²) < 4.78 is 5.41. The molecule has 1 atom stereocenters. The number of morpholine rings is 1. The Morgan fingerprint density at radius 1 is 0.966 bits per heavy atom. The predicted molar refractivity (Wildman–Crippen MR) is 109 cm³/mol. The lowest BCUT2D eigenvalue weighted by molar-refractivity contribution is -0.125. The van der Waals surface area contributed by atoms with Crippen LogP contribution in [0.15, 0.2) is 48.7 Å². The third kappa shape index (κ3) is 3.45. The van der Waals surface area contributed by atoms with E-state index < -0.39 is 5.92 Å². The second kappa shape index (κ2) is 7.25. The first kappa shape index (κ1) is 17.8. The van der Waals surface area contributed by atoms with Crippen LogP contribution in [-0.2, 0) is 14.3 Å². The zero-order valence-corrected chi connectivity index (χ0v) is 15.8. The van der Waals surface area contributed by atoms with Crippen LogP contribution in [0.25, 0.3) is 22.2 Å². The van der Waals surface area contributed by atoms with Crippen LogP contribution in [-0.4, -0.2) is 48.1 Å². The zero-order valence-electron chi connectivity index (χ0n) is 15.8. The van der Waals surface area contributed by atoms with E-state index >= 15 is 0 Å². The van der Waals surface area contributed by atoms with Gasteiger partial charge >= 0.3 is 0 Å². The molecule has 0 radical (unpaired) electrons. The van der Waals surface area contributed by atoms with E-state index in [0.717, 1.165) is 46.6 Å². The molecule has 1 N–H and O–H groups in total. The molecule has 2 aromatic carbocycles. The minimum absolute atomic E-state index is 0.215. The van der Waals surface area contributed by atoms with Crippen molar-refractivity contribution in [2.75, 3.05) is 31.2 Å². The van der Waals surface area contributed by atoms with Crippen LogP contribution in [0.3, 0.4) is 0 Å². The Bertz CT molecular complexity index is 1090. The zero-order chi connectivity index (χ0) is 19.8. The molecule has 3 heterocycles. The topological polar surface area (TPSA) is 84.4 Å². The first-order valence-corrected chi connectivity index (χ1v) is 9.71. The Balaban J connectivity index is 1.43. The number of carbonyl (C=O) groups excluding carboxylic acids is 2. The third-order valence-electron chi connectivity index (χ3n) is 5.48. The SMILES string of the molecule is O=C1CC(c2ccc(-c3ccc4ncc(N5CCOCC5)nc4c3)cc2)C(=O)N1. The number of fused-ring (bicyclic) bond motifs is 1. The van der Waals surface area contributed by atoms with Crippen molar-refractivity contribution in [1.29, 1.82) is 0 Å². The van der Waals surface area contributed by atoms with Gasteiger partial charge in [0, 0.05) is 19.5 Å². The van der Waals surface area contributed by atoms with E-state index in [1.165, 1.54) is 0 Å².